The van der Waals surface area contributed by atoms with E-state index in [4.69, 9.17) is 0 Å². The summed E-state index contributed by atoms with van der Waals surface area (Å²) >= 11 is 0. The van der Waals surface area contributed by atoms with Gasteiger partial charge in [0.05, 0.1) is 0 Å². The van der Waals surface area contributed by atoms with Gasteiger partial charge in [-0.15, -0.1) is 0 Å². The molecule has 22 heavy (non-hydrogen) atoms. The van der Waals surface area contributed by atoms with E-state index in [0.717, 1.165) is 11.8 Å². The summed E-state index contributed by atoms with van der Waals surface area (Å²) < 4.78 is 0. The van der Waals surface area contributed by atoms with Crippen molar-refractivity contribution in [2.45, 2.75) is 58.3 Å². The number of hydrogen-bond donors (Lipinski definition) is 0. The third-order valence-electron chi connectivity index (χ3n) is 5.31. The molecule has 116 valence electrons. The molecule has 2 aromatic rings. The normalized spacial score (nSPS) is 21.7. The molecule has 0 bridgehead atoms. The van der Waals surface area contributed by atoms with Crippen molar-refractivity contribution in [3.63, 3.8) is 0 Å². The maximum Gasteiger partial charge on any atom is -0.0162 e. The molecule has 0 aromatic heterocycles. The van der Waals surface area contributed by atoms with Gasteiger partial charge in [-0.2, -0.15) is 0 Å². The van der Waals surface area contributed by atoms with Crippen LogP contribution in [-0.2, 0) is 0 Å². The summed E-state index contributed by atoms with van der Waals surface area (Å²) in [4.78, 5) is 0. The topological polar surface area (TPSA) is 0 Å². The van der Waals surface area contributed by atoms with Crippen molar-refractivity contribution < 1.29 is 0 Å². The summed E-state index contributed by atoms with van der Waals surface area (Å²) in [5.41, 5.74) is 5.53. The molecule has 3 rings (SSSR count). The highest BCUT2D eigenvalue weighted by Crippen LogP contribution is 2.37. The minimum Gasteiger partial charge on any atom is -0.0654 e. The Bertz CT molecular complexity index is 568. The van der Waals surface area contributed by atoms with Gasteiger partial charge in [0, 0.05) is 0 Å². The van der Waals surface area contributed by atoms with Crippen molar-refractivity contribution in [1.82, 2.24) is 0 Å². The molecule has 0 heteroatoms. The van der Waals surface area contributed by atoms with Crippen LogP contribution in [0.1, 0.15) is 62.5 Å². The highest BCUT2D eigenvalue weighted by Gasteiger charge is 2.21. The summed E-state index contributed by atoms with van der Waals surface area (Å²) in [6, 6.07) is 18.2. The molecule has 0 atom stereocenters. The standard InChI is InChI=1S/C22H28/c1-3-4-18-7-11-20(12-8-18)22-15-13-21(14-16-22)19-9-5-17(2)6-10-19/h5-6,9-10,13-16,18,20H,3-4,7-8,11-12H2,1-2H3. The lowest BCUT2D eigenvalue weighted by atomic mass is 9.77. The van der Waals surface area contributed by atoms with E-state index in [1.807, 2.05) is 0 Å². The first kappa shape index (κ1) is 15.3. The predicted molar refractivity (Wildman–Crippen MR) is 96.2 cm³/mol. The van der Waals surface area contributed by atoms with Gasteiger partial charge in [0.25, 0.3) is 0 Å². The molecular weight excluding hydrogens is 264 g/mol. The van der Waals surface area contributed by atoms with E-state index in [1.165, 1.54) is 55.2 Å². The lowest BCUT2D eigenvalue weighted by Gasteiger charge is -2.28. The minimum atomic E-state index is 0.792. The van der Waals surface area contributed by atoms with Crippen LogP contribution in [-0.4, -0.2) is 0 Å². The second-order valence-corrected chi connectivity index (χ2v) is 6.99. The Labute approximate surface area is 135 Å². The monoisotopic (exact) mass is 292 g/mol. The average Bonchev–Trinajstić information content (AvgIpc) is 2.57. The summed E-state index contributed by atoms with van der Waals surface area (Å²) in [7, 11) is 0. The van der Waals surface area contributed by atoms with Crippen LogP contribution in [0.2, 0.25) is 0 Å². The number of aryl methyl sites for hydroxylation is 1. The molecule has 0 radical (unpaired) electrons. The molecule has 0 nitrogen and oxygen atoms in total. The Morgan fingerprint density at radius 3 is 1.86 bits per heavy atom. The predicted octanol–water partition coefficient (Wildman–Crippen LogP) is 6.74. The molecule has 0 N–H and O–H groups in total. The van der Waals surface area contributed by atoms with Gasteiger partial charge in [0.1, 0.15) is 0 Å². The first-order valence-corrected chi connectivity index (χ1v) is 8.93. The Morgan fingerprint density at radius 2 is 1.32 bits per heavy atom. The van der Waals surface area contributed by atoms with Gasteiger partial charge < -0.3 is 0 Å². The zero-order valence-electron chi connectivity index (χ0n) is 14.0. The zero-order valence-corrected chi connectivity index (χ0v) is 14.0. The summed E-state index contributed by atoms with van der Waals surface area (Å²) in [5, 5.41) is 0. The Balaban J connectivity index is 1.66. The molecule has 0 saturated heterocycles. The molecule has 0 aliphatic heterocycles. The fourth-order valence-corrected chi connectivity index (χ4v) is 3.89. The van der Waals surface area contributed by atoms with Gasteiger partial charge in [-0.05, 0) is 61.1 Å². The number of hydrogen-bond acceptors (Lipinski definition) is 0. The number of benzene rings is 2. The maximum atomic E-state index is 2.36. The molecule has 1 saturated carbocycles. The third-order valence-corrected chi connectivity index (χ3v) is 5.31. The quantitative estimate of drug-likeness (QED) is 0.585. The van der Waals surface area contributed by atoms with Gasteiger partial charge >= 0.3 is 0 Å². The zero-order chi connectivity index (χ0) is 15.4. The molecule has 0 amide bonds. The van der Waals surface area contributed by atoms with E-state index >= 15 is 0 Å². The molecule has 0 heterocycles. The van der Waals surface area contributed by atoms with E-state index in [9.17, 15) is 0 Å². The lowest BCUT2D eigenvalue weighted by Crippen LogP contribution is -2.13. The van der Waals surface area contributed by atoms with Crippen molar-refractivity contribution in [3.05, 3.63) is 59.7 Å². The highest BCUT2D eigenvalue weighted by molar-refractivity contribution is 5.64. The van der Waals surface area contributed by atoms with Crippen LogP contribution < -0.4 is 0 Å². The minimum absolute atomic E-state index is 0.792. The van der Waals surface area contributed by atoms with E-state index < -0.39 is 0 Å². The maximum absolute atomic E-state index is 2.36. The second kappa shape index (κ2) is 7.13. The van der Waals surface area contributed by atoms with Crippen LogP contribution in [0.5, 0.6) is 0 Å². The molecule has 1 aliphatic carbocycles. The van der Waals surface area contributed by atoms with Crippen molar-refractivity contribution >= 4 is 0 Å². The van der Waals surface area contributed by atoms with Crippen LogP contribution in [0.4, 0.5) is 0 Å². The summed E-state index contributed by atoms with van der Waals surface area (Å²) in [5.74, 6) is 1.79. The average molecular weight is 292 g/mol. The van der Waals surface area contributed by atoms with Gasteiger partial charge in [0.2, 0.25) is 0 Å². The summed E-state index contributed by atoms with van der Waals surface area (Å²) in [6.45, 7) is 4.46. The molecular formula is C22H28. The van der Waals surface area contributed by atoms with Gasteiger partial charge in [-0.3, -0.25) is 0 Å². The van der Waals surface area contributed by atoms with Crippen molar-refractivity contribution in [3.8, 4) is 11.1 Å². The first-order chi connectivity index (χ1) is 10.8. The molecule has 0 spiro atoms. The molecule has 0 unspecified atom stereocenters. The second-order valence-electron chi connectivity index (χ2n) is 6.99. The van der Waals surface area contributed by atoms with E-state index in [2.05, 4.69) is 62.4 Å². The lowest BCUT2D eigenvalue weighted by molar-refractivity contribution is 0.308. The smallest absolute Gasteiger partial charge is 0.0162 e. The van der Waals surface area contributed by atoms with E-state index in [-0.39, 0.29) is 0 Å². The highest BCUT2D eigenvalue weighted by atomic mass is 14.3. The first-order valence-electron chi connectivity index (χ1n) is 8.93. The van der Waals surface area contributed by atoms with Crippen molar-refractivity contribution in [1.29, 1.82) is 0 Å². The molecule has 2 aromatic carbocycles. The number of rotatable bonds is 4. The van der Waals surface area contributed by atoms with Crippen molar-refractivity contribution in [2.75, 3.05) is 0 Å². The van der Waals surface area contributed by atoms with Gasteiger partial charge in [-0.1, -0.05) is 73.9 Å². The Morgan fingerprint density at radius 1 is 0.773 bits per heavy atom. The Hall–Kier alpha value is -1.56. The van der Waals surface area contributed by atoms with Gasteiger partial charge in [-0.25, -0.2) is 0 Å². The molecule has 1 fully saturated rings. The van der Waals surface area contributed by atoms with Crippen LogP contribution in [0.15, 0.2) is 48.5 Å². The van der Waals surface area contributed by atoms with Crippen LogP contribution in [0, 0.1) is 12.8 Å². The van der Waals surface area contributed by atoms with Crippen LogP contribution >= 0.6 is 0 Å². The SMILES string of the molecule is CCCC1CCC(c2ccc(-c3ccc(C)cc3)cc2)CC1. The van der Waals surface area contributed by atoms with Gasteiger partial charge in [0.15, 0.2) is 0 Å². The fraction of sp³-hybridized carbons (Fsp3) is 0.455. The largest absolute Gasteiger partial charge is 0.0654 e. The third kappa shape index (κ3) is 3.61. The fourth-order valence-electron chi connectivity index (χ4n) is 3.89. The van der Waals surface area contributed by atoms with Crippen LogP contribution in [0.25, 0.3) is 11.1 Å². The van der Waals surface area contributed by atoms with Crippen molar-refractivity contribution in [2.24, 2.45) is 5.92 Å². The summed E-state index contributed by atoms with van der Waals surface area (Å²) in [6.07, 6.45) is 8.40. The Kier molecular flexibility index (Phi) is 4.97. The van der Waals surface area contributed by atoms with E-state index in [1.54, 1.807) is 5.56 Å². The van der Waals surface area contributed by atoms with E-state index in [0.29, 0.717) is 0 Å². The molecule has 1 aliphatic rings. The van der Waals surface area contributed by atoms with Crippen LogP contribution in [0.3, 0.4) is 0 Å².